The first kappa shape index (κ1) is 28.9. The van der Waals surface area contributed by atoms with E-state index in [-0.39, 0.29) is 42.4 Å². The highest BCUT2D eigenvalue weighted by Crippen LogP contribution is 2.38. The fourth-order valence-electron chi connectivity index (χ4n) is 5.74. The van der Waals surface area contributed by atoms with Gasteiger partial charge in [-0.3, -0.25) is 14.5 Å². The zero-order chi connectivity index (χ0) is 29.1. The normalized spacial score (nSPS) is 21.3. The molecule has 1 unspecified atom stereocenters. The van der Waals surface area contributed by atoms with Gasteiger partial charge in [0.25, 0.3) is 5.91 Å². The average Bonchev–Trinajstić information content (AvgIpc) is 3.34. The second kappa shape index (κ2) is 12.1. The Morgan fingerprint density at radius 1 is 1.02 bits per heavy atom. The number of hydrogen-bond acceptors (Lipinski definition) is 5. The van der Waals surface area contributed by atoms with E-state index >= 15 is 0 Å². The number of rotatable bonds is 7. The van der Waals surface area contributed by atoms with Crippen molar-refractivity contribution in [2.45, 2.75) is 75.5 Å². The zero-order valence-corrected chi connectivity index (χ0v) is 23.3. The van der Waals surface area contributed by atoms with Crippen molar-refractivity contribution in [2.75, 3.05) is 9.80 Å². The summed E-state index contributed by atoms with van der Waals surface area (Å²) in [6, 6.07) is 11.2. The van der Waals surface area contributed by atoms with Crippen molar-refractivity contribution in [3.05, 3.63) is 83.4 Å². The van der Waals surface area contributed by atoms with E-state index in [0.717, 1.165) is 0 Å². The van der Waals surface area contributed by atoms with Crippen LogP contribution in [-0.2, 0) is 9.59 Å². The molecule has 2 heterocycles. The molecule has 41 heavy (non-hydrogen) atoms. The van der Waals surface area contributed by atoms with E-state index in [1.807, 2.05) is 11.8 Å². The molecule has 7 nitrogen and oxygen atoms in total. The molecule has 1 N–H and O–H groups in total. The SMILES string of the molecule is C[C@H]1CCC(C(=O)N(c2cccc(F)c2)[C@H](C(=O)NC2CCC(F)(F)CC2)c2ccccc2Cl)N1c1ncccn1. The summed E-state index contributed by atoms with van der Waals surface area (Å²) >= 11 is 6.60. The lowest BCUT2D eigenvalue weighted by Crippen LogP contribution is -2.53. The van der Waals surface area contributed by atoms with Crippen LogP contribution < -0.4 is 15.1 Å². The van der Waals surface area contributed by atoms with Crippen molar-refractivity contribution in [2.24, 2.45) is 0 Å². The average molecular weight is 586 g/mol. The molecule has 0 bridgehead atoms. The van der Waals surface area contributed by atoms with Crippen molar-refractivity contribution in [3.63, 3.8) is 0 Å². The molecule has 1 aliphatic carbocycles. The van der Waals surface area contributed by atoms with Gasteiger partial charge in [-0.25, -0.2) is 23.1 Å². The summed E-state index contributed by atoms with van der Waals surface area (Å²) < 4.78 is 42.3. The molecule has 2 fully saturated rings. The van der Waals surface area contributed by atoms with Gasteiger partial charge in [0.05, 0.1) is 0 Å². The van der Waals surface area contributed by atoms with Crippen molar-refractivity contribution < 1.29 is 22.8 Å². The van der Waals surface area contributed by atoms with E-state index < -0.39 is 41.7 Å². The summed E-state index contributed by atoms with van der Waals surface area (Å²) in [6.07, 6.45) is 3.83. The van der Waals surface area contributed by atoms with E-state index in [0.29, 0.717) is 24.4 Å². The first-order valence-corrected chi connectivity index (χ1v) is 14.1. The first-order chi connectivity index (χ1) is 19.6. The van der Waals surface area contributed by atoms with Crippen LogP contribution in [-0.4, -0.2) is 45.8 Å². The molecular weight excluding hydrogens is 555 g/mol. The number of aromatic nitrogens is 2. The van der Waals surface area contributed by atoms with Crippen LogP contribution in [0.25, 0.3) is 0 Å². The van der Waals surface area contributed by atoms with Crippen molar-refractivity contribution in [1.82, 2.24) is 15.3 Å². The Hall–Kier alpha value is -3.66. The third-order valence-corrected chi connectivity index (χ3v) is 8.17. The topological polar surface area (TPSA) is 78.4 Å². The van der Waals surface area contributed by atoms with Gasteiger partial charge in [-0.05, 0) is 62.9 Å². The fourth-order valence-corrected chi connectivity index (χ4v) is 5.98. The van der Waals surface area contributed by atoms with Gasteiger partial charge in [0.1, 0.15) is 17.9 Å². The largest absolute Gasteiger partial charge is 0.351 e. The second-order valence-corrected chi connectivity index (χ2v) is 11.1. The summed E-state index contributed by atoms with van der Waals surface area (Å²) in [6.45, 7) is 1.97. The number of carbonyl (C=O) groups is 2. The van der Waals surface area contributed by atoms with Crippen molar-refractivity contribution in [1.29, 1.82) is 0 Å². The Bertz CT molecular complexity index is 1390. The predicted octanol–water partition coefficient (Wildman–Crippen LogP) is 6.10. The van der Waals surface area contributed by atoms with Gasteiger partial charge in [0.15, 0.2) is 0 Å². The second-order valence-electron chi connectivity index (χ2n) is 10.6. The van der Waals surface area contributed by atoms with Gasteiger partial charge >= 0.3 is 0 Å². The van der Waals surface area contributed by atoms with E-state index in [2.05, 4.69) is 15.3 Å². The Kier molecular flexibility index (Phi) is 8.49. The van der Waals surface area contributed by atoms with Gasteiger partial charge in [-0.2, -0.15) is 0 Å². The summed E-state index contributed by atoms with van der Waals surface area (Å²) in [5, 5.41) is 3.12. The molecule has 1 aromatic heterocycles. The number of anilines is 2. The van der Waals surface area contributed by atoms with E-state index in [1.165, 1.54) is 23.1 Å². The maximum Gasteiger partial charge on any atom is 0.250 e. The van der Waals surface area contributed by atoms with Gasteiger partial charge in [0, 0.05) is 53.6 Å². The van der Waals surface area contributed by atoms with E-state index in [4.69, 9.17) is 11.6 Å². The van der Waals surface area contributed by atoms with Crippen LogP contribution in [0.1, 0.15) is 57.1 Å². The van der Waals surface area contributed by atoms with Crippen LogP contribution in [0.15, 0.2) is 67.0 Å². The highest BCUT2D eigenvalue weighted by Gasteiger charge is 2.44. The van der Waals surface area contributed by atoms with Gasteiger partial charge < -0.3 is 10.2 Å². The lowest BCUT2D eigenvalue weighted by atomic mass is 9.91. The van der Waals surface area contributed by atoms with E-state index in [1.54, 1.807) is 48.8 Å². The zero-order valence-electron chi connectivity index (χ0n) is 22.5. The van der Waals surface area contributed by atoms with Crippen molar-refractivity contribution in [3.8, 4) is 0 Å². The lowest BCUT2D eigenvalue weighted by Gasteiger charge is -2.37. The molecule has 2 aliphatic rings. The molecule has 216 valence electrons. The minimum absolute atomic E-state index is 0.0720. The smallest absolute Gasteiger partial charge is 0.250 e. The van der Waals surface area contributed by atoms with Crippen LogP contribution in [0.2, 0.25) is 5.02 Å². The number of alkyl halides is 2. The molecule has 1 aliphatic heterocycles. The molecule has 5 rings (SSSR count). The van der Waals surface area contributed by atoms with Crippen LogP contribution >= 0.6 is 11.6 Å². The molecule has 1 saturated heterocycles. The van der Waals surface area contributed by atoms with Crippen LogP contribution in [0, 0.1) is 5.82 Å². The highest BCUT2D eigenvalue weighted by molar-refractivity contribution is 6.31. The van der Waals surface area contributed by atoms with Gasteiger partial charge in [0.2, 0.25) is 17.8 Å². The quantitative estimate of drug-likeness (QED) is 0.363. The number of halogens is 4. The Morgan fingerprint density at radius 3 is 2.41 bits per heavy atom. The molecule has 0 spiro atoms. The summed E-state index contributed by atoms with van der Waals surface area (Å²) in [4.78, 5) is 40.5. The fraction of sp³-hybridized carbons (Fsp3) is 0.400. The Morgan fingerprint density at radius 2 is 1.73 bits per heavy atom. The third kappa shape index (κ3) is 6.32. The maximum atomic E-state index is 14.6. The van der Waals surface area contributed by atoms with Gasteiger partial charge in [-0.1, -0.05) is 35.9 Å². The molecule has 11 heteroatoms. The van der Waals surface area contributed by atoms with Gasteiger partial charge in [-0.15, -0.1) is 0 Å². The lowest BCUT2D eigenvalue weighted by molar-refractivity contribution is -0.128. The summed E-state index contributed by atoms with van der Waals surface area (Å²) in [5.41, 5.74) is 0.498. The predicted molar refractivity (Wildman–Crippen MR) is 150 cm³/mol. The highest BCUT2D eigenvalue weighted by atomic mass is 35.5. The molecule has 0 radical (unpaired) electrons. The Balaban J connectivity index is 1.57. The summed E-state index contributed by atoms with van der Waals surface area (Å²) in [5.74, 6) is -4.02. The maximum absolute atomic E-state index is 14.6. The number of benzene rings is 2. The van der Waals surface area contributed by atoms with Crippen LogP contribution in [0.3, 0.4) is 0 Å². The molecular formula is C30H31ClF3N5O2. The molecule has 1 saturated carbocycles. The number of nitrogens with zero attached hydrogens (tertiary/aromatic N) is 4. The molecule has 3 aromatic rings. The molecule has 3 atom stereocenters. The summed E-state index contributed by atoms with van der Waals surface area (Å²) in [7, 11) is 0. The number of nitrogens with one attached hydrogen (secondary N) is 1. The molecule has 2 amide bonds. The van der Waals surface area contributed by atoms with Crippen molar-refractivity contribution >= 4 is 35.1 Å². The minimum atomic E-state index is -2.77. The number of carbonyl (C=O) groups excluding carboxylic acids is 2. The van der Waals surface area contributed by atoms with Crippen LogP contribution in [0.5, 0.6) is 0 Å². The number of amides is 2. The van der Waals surface area contributed by atoms with Crippen LogP contribution in [0.4, 0.5) is 24.8 Å². The molecule has 2 aromatic carbocycles. The monoisotopic (exact) mass is 585 g/mol. The number of hydrogen-bond donors (Lipinski definition) is 1. The van der Waals surface area contributed by atoms with E-state index in [9.17, 15) is 22.8 Å². The Labute approximate surface area is 241 Å². The minimum Gasteiger partial charge on any atom is -0.351 e. The third-order valence-electron chi connectivity index (χ3n) is 7.83. The standard InChI is InChI=1S/C30H31ClF3N5O2/c1-19-10-11-25(38(19)29-35-16-5-17-36-29)28(41)39(22-7-4-6-20(32)18-22)26(23-8-2-3-9-24(23)31)27(40)37-21-12-14-30(33,34)15-13-21/h2-9,16-19,21,25-26H,10-15H2,1H3,(H,37,40)/t19-,25?,26-/m0/s1. The first-order valence-electron chi connectivity index (χ1n) is 13.7.